The number of pyridine rings is 1. The maximum absolute atomic E-state index is 13.7. The number of fused-ring (bicyclic) bond motifs is 1. The number of methoxy groups -OCH3 is 1. The minimum atomic E-state index is -0.138. The molecular formula is C28H29N3O3S2. The predicted octanol–water partition coefficient (Wildman–Crippen LogP) is 5.07. The molecule has 0 saturated carbocycles. The second kappa shape index (κ2) is 10.5. The average molecular weight is 520 g/mol. The van der Waals surface area contributed by atoms with Crippen molar-refractivity contribution < 1.29 is 9.53 Å². The molecule has 6 nitrogen and oxygen atoms in total. The van der Waals surface area contributed by atoms with Gasteiger partial charge < -0.3 is 14.2 Å². The highest BCUT2D eigenvalue weighted by molar-refractivity contribution is 8.26. The summed E-state index contributed by atoms with van der Waals surface area (Å²) in [5.74, 6) is 0.663. The number of amides is 1. The van der Waals surface area contributed by atoms with Crippen molar-refractivity contribution in [2.45, 2.75) is 32.7 Å². The van der Waals surface area contributed by atoms with Gasteiger partial charge in [-0.3, -0.25) is 14.5 Å². The van der Waals surface area contributed by atoms with Gasteiger partial charge in [-0.25, -0.2) is 0 Å². The minimum absolute atomic E-state index is 0.0680. The lowest BCUT2D eigenvalue weighted by molar-refractivity contribution is -0.122. The molecule has 2 fully saturated rings. The molecule has 2 aliphatic rings. The third-order valence-corrected chi connectivity index (χ3v) is 8.23. The van der Waals surface area contributed by atoms with Crippen molar-refractivity contribution in [1.82, 2.24) is 9.47 Å². The highest BCUT2D eigenvalue weighted by atomic mass is 32.2. The molecule has 0 N–H and O–H groups in total. The zero-order chi connectivity index (χ0) is 25.2. The fourth-order valence-corrected chi connectivity index (χ4v) is 6.28. The Bertz CT molecular complexity index is 1410. The van der Waals surface area contributed by atoms with Gasteiger partial charge in [-0.05, 0) is 56.0 Å². The third kappa shape index (κ3) is 4.55. The molecule has 5 rings (SSSR count). The third-order valence-electron chi connectivity index (χ3n) is 6.85. The summed E-state index contributed by atoms with van der Waals surface area (Å²) in [5.41, 5.74) is 3.47. The Morgan fingerprint density at radius 2 is 1.78 bits per heavy atom. The summed E-state index contributed by atoms with van der Waals surface area (Å²) < 4.78 is 7.55. The van der Waals surface area contributed by atoms with Crippen molar-refractivity contribution >= 4 is 56.9 Å². The van der Waals surface area contributed by atoms with Gasteiger partial charge in [0.25, 0.3) is 11.5 Å². The van der Waals surface area contributed by atoms with E-state index in [1.807, 2.05) is 49.4 Å². The number of rotatable bonds is 7. The molecule has 36 heavy (non-hydrogen) atoms. The molecule has 0 aliphatic carbocycles. The topological polar surface area (TPSA) is 54.8 Å². The molecule has 3 heterocycles. The number of carbonyl (C=O) groups is 1. The summed E-state index contributed by atoms with van der Waals surface area (Å²) in [6.45, 7) is 4.84. The van der Waals surface area contributed by atoms with Crippen LogP contribution in [0.3, 0.4) is 0 Å². The van der Waals surface area contributed by atoms with E-state index in [-0.39, 0.29) is 11.5 Å². The van der Waals surface area contributed by atoms with Crippen LogP contribution >= 0.6 is 24.0 Å². The first-order chi connectivity index (χ1) is 17.5. The molecule has 3 aromatic rings. The van der Waals surface area contributed by atoms with Crippen molar-refractivity contribution in [3.8, 4) is 5.75 Å². The number of hydrogen-bond donors (Lipinski definition) is 0. The standard InChI is InChI=1S/C28H29N3O3S2/c1-3-30-23-9-5-4-8-21(23)25(29-15-6-7-16-29)22(26(30)32)18-24-27(33)31(28(35)36-24)17-14-19-10-12-20(34-2)13-11-19/h4-5,8-13,18H,3,6-7,14-17H2,1-2H3. The van der Waals surface area contributed by atoms with Crippen LogP contribution in [-0.4, -0.2) is 46.4 Å². The highest BCUT2D eigenvalue weighted by Gasteiger charge is 2.33. The van der Waals surface area contributed by atoms with E-state index in [4.69, 9.17) is 17.0 Å². The molecule has 1 aromatic heterocycles. The number of thiocarbonyl (C=S) groups is 1. The van der Waals surface area contributed by atoms with Gasteiger partial charge in [-0.2, -0.15) is 0 Å². The van der Waals surface area contributed by atoms with Gasteiger partial charge in [0.05, 0.1) is 28.8 Å². The summed E-state index contributed by atoms with van der Waals surface area (Å²) in [5, 5.41) is 1.04. The maximum Gasteiger partial charge on any atom is 0.266 e. The maximum atomic E-state index is 13.7. The van der Waals surface area contributed by atoms with E-state index in [0.717, 1.165) is 53.8 Å². The van der Waals surface area contributed by atoms with E-state index in [1.165, 1.54) is 11.8 Å². The SMILES string of the molecule is CCn1c(=O)c(C=C2SC(=S)N(CCc3ccc(OC)cc3)C2=O)c(N2CCCC2)c2ccccc21. The van der Waals surface area contributed by atoms with Crippen molar-refractivity contribution in [1.29, 1.82) is 0 Å². The number of aromatic nitrogens is 1. The summed E-state index contributed by atoms with van der Waals surface area (Å²) in [6, 6.07) is 15.9. The molecule has 186 valence electrons. The zero-order valence-corrected chi connectivity index (χ0v) is 22.2. The molecule has 8 heteroatoms. The number of ether oxygens (including phenoxy) is 1. The molecule has 0 bridgehead atoms. The van der Waals surface area contributed by atoms with E-state index >= 15 is 0 Å². The van der Waals surface area contributed by atoms with Gasteiger partial charge in [-0.15, -0.1) is 0 Å². The van der Waals surface area contributed by atoms with E-state index in [2.05, 4.69) is 11.0 Å². The molecule has 2 aliphatic heterocycles. The first-order valence-electron chi connectivity index (χ1n) is 12.3. The first-order valence-corrected chi connectivity index (χ1v) is 13.5. The lowest BCUT2D eigenvalue weighted by Crippen LogP contribution is -2.30. The van der Waals surface area contributed by atoms with Crippen LogP contribution < -0.4 is 15.2 Å². The van der Waals surface area contributed by atoms with Gasteiger partial charge in [-0.1, -0.05) is 54.3 Å². The summed E-state index contributed by atoms with van der Waals surface area (Å²) in [6.07, 6.45) is 4.65. The van der Waals surface area contributed by atoms with Crippen molar-refractivity contribution in [2.24, 2.45) is 0 Å². The lowest BCUT2D eigenvalue weighted by Gasteiger charge is -2.24. The number of thioether (sulfide) groups is 1. The van der Waals surface area contributed by atoms with E-state index < -0.39 is 0 Å². The van der Waals surface area contributed by atoms with Gasteiger partial charge in [0, 0.05) is 31.6 Å². The Morgan fingerprint density at radius 1 is 1.06 bits per heavy atom. The average Bonchev–Trinajstić information content (AvgIpc) is 3.52. The van der Waals surface area contributed by atoms with Crippen LogP contribution in [0.1, 0.15) is 30.9 Å². The largest absolute Gasteiger partial charge is 0.497 e. The lowest BCUT2D eigenvalue weighted by atomic mass is 10.1. The van der Waals surface area contributed by atoms with Crippen molar-refractivity contribution in [2.75, 3.05) is 31.6 Å². The number of aryl methyl sites for hydroxylation is 1. The summed E-state index contributed by atoms with van der Waals surface area (Å²) in [4.78, 5) is 31.6. The van der Waals surface area contributed by atoms with Crippen LogP contribution in [0.4, 0.5) is 5.69 Å². The molecule has 2 aromatic carbocycles. The molecular weight excluding hydrogens is 490 g/mol. The van der Waals surface area contributed by atoms with Gasteiger partial charge in [0.1, 0.15) is 10.1 Å². The second-order valence-electron chi connectivity index (χ2n) is 8.95. The first kappa shape index (κ1) is 24.6. The van der Waals surface area contributed by atoms with E-state index in [0.29, 0.717) is 34.3 Å². The highest BCUT2D eigenvalue weighted by Crippen LogP contribution is 2.37. The van der Waals surface area contributed by atoms with Crippen LogP contribution in [0, 0.1) is 0 Å². The summed E-state index contributed by atoms with van der Waals surface area (Å²) >= 11 is 6.86. The van der Waals surface area contributed by atoms with Gasteiger partial charge >= 0.3 is 0 Å². The van der Waals surface area contributed by atoms with Crippen LogP contribution in [-0.2, 0) is 17.8 Å². The molecule has 0 atom stereocenters. The zero-order valence-electron chi connectivity index (χ0n) is 20.5. The van der Waals surface area contributed by atoms with Crippen LogP contribution in [0.5, 0.6) is 5.75 Å². The number of anilines is 1. The van der Waals surface area contributed by atoms with E-state index in [1.54, 1.807) is 22.7 Å². The van der Waals surface area contributed by atoms with Crippen molar-refractivity contribution in [3.05, 3.63) is 74.9 Å². The number of carbonyl (C=O) groups excluding carboxylic acids is 1. The summed E-state index contributed by atoms with van der Waals surface area (Å²) in [7, 11) is 1.64. The van der Waals surface area contributed by atoms with Gasteiger partial charge in [0.15, 0.2) is 0 Å². The smallest absolute Gasteiger partial charge is 0.266 e. The quantitative estimate of drug-likeness (QED) is 0.321. The van der Waals surface area contributed by atoms with Gasteiger partial charge in [0.2, 0.25) is 0 Å². The molecule has 2 saturated heterocycles. The molecule has 0 spiro atoms. The molecule has 0 radical (unpaired) electrons. The molecule has 0 unspecified atom stereocenters. The Morgan fingerprint density at radius 3 is 2.47 bits per heavy atom. The normalized spacial score (nSPS) is 17.1. The fourth-order valence-electron chi connectivity index (χ4n) is 4.99. The monoisotopic (exact) mass is 519 g/mol. The number of nitrogens with zero attached hydrogens (tertiary/aromatic N) is 3. The Balaban J connectivity index is 1.51. The second-order valence-corrected chi connectivity index (χ2v) is 10.6. The Hall–Kier alpha value is -3.10. The van der Waals surface area contributed by atoms with Crippen LogP contribution in [0.2, 0.25) is 0 Å². The van der Waals surface area contributed by atoms with Crippen LogP contribution in [0.25, 0.3) is 17.0 Å². The van der Waals surface area contributed by atoms with Crippen LogP contribution in [0.15, 0.2) is 58.2 Å². The minimum Gasteiger partial charge on any atom is -0.497 e. The Kier molecular flexibility index (Phi) is 7.16. The number of para-hydroxylation sites is 1. The molecule has 1 amide bonds. The fraction of sp³-hybridized carbons (Fsp3) is 0.321. The number of benzene rings is 2. The Labute approximate surface area is 220 Å². The van der Waals surface area contributed by atoms with E-state index in [9.17, 15) is 9.59 Å². The predicted molar refractivity (Wildman–Crippen MR) is 152 cm³/mol. The number of hydrogen-bond acceptors (Lipinski definition) is 6. The van der Waals surface area contributed by atoms with Crippen molar-refractivity contribution in [3.63, 3.8) is 0 Å².